The second-order valence-corrected chi connectivity index (χ2v) is 4.29. The highest BCUT2D eigenvalue weighted by Crippen LogP contribution is 2.30. The Morgan fingerprint density at radius 1 is 1.06 bits per heavy atom. The molecule has 0 bridgehead atoms. The van der Waals surface area contributed by atoms with E-state index in [1.165, 1.54) is 14.2 Å². The first kappa shape index (κ1) is 13.7. The van der Waals surface area contributed by atoms with Crippen molar-refractivity contribution >= 4 is 17.7 Å². The lowest BCUT2D eigenvalue weighted by Gasteiger charge is -2.26. The van der Waals surface area contributed by atoms with Gasteiger partial charge in [0.15, 0.2) is 0 Å². The Bertz CT molecular complexity index is 282. The summed E-state index contributed by atoms with van der Waals surface area (Å²) in [5, 5.41) is 0. The van der Waals surface area contributed by atoms with Crippen molar-refractivity contribution in [2.75, 3.05) is 14.2 Å². The number of methoxy groups -OCH3 is 2. The summed E-state index contributed by atoms with van der Waals surface area (Å²) in [6.07, 6.45) is 2.49. The summed E-state index contributed by atoms with van der Waals surface area (Å²) in [5.74, 6) is -1.35. The number of esters is 2. The summed E-state index contributed by atoms with van der Waals surface area (Å²) in [6, 6.07) is 0. The molecule has 1 fully saturated rings. The van der Waals surface area contributed by atoms with Crippen molar-refractivity contribution in [2.45, 2.75) is 32.1 Å². The predicted octanol–water partition coefficient (Wildman–Crippen LogP) is 1.10. The first-order valence-corrected chi connectivity index (χ1v) is 5.75. The Balaban J connectivity index is 2.56. The number of ether oxygens (including phenoxy) is 2. The molecule has 1 aliphatic carbocycles. The van der Waals surface area contributed by atoms with Crippen molar-refractivity contribution in [1.29, 1.82) is 0 Å². The van der Waals surface area contributed by atoms with Gasteiger partial charge in [0.05, 0.1) is 27.1 Å². The van der Waals surface area contributed by atoms with Crippen LogP contribution in [0, 0.1) is 11.8 Å². The van der Waals surface area contributed by atoms with Crippen molar-refractivity contribution in [2.24, 2.45) is 11.8 Å². The van der Waals surface area contributed by atoms with Crippen LogP contribution in [0.2, 0.25) is 0 Å². The van der Waals surface area contributed by atoms with E-state index in [2.05, 4.69) is 9.47 Å². The number of carbonyl (C=O) groups is 3. The van der Waals surface area contributed by atoms with Crippen molar-refractivity contribution in [3.8, 4) is 0 Å². The van der Waals surface area contributed by atoms with Crippen LogP contribution in [-0.2, 0) is 23.9 Å². The van der Waals surface area contributed by atoms with E-state index in [0.717, 1.165) is 6.42 Å². The van der Waals surface area contributed by atoms with Crippen LogP contribution in [0.5, 0.6) is 0 Å². The molecule has 96 valence electrons. The summed E-state index contributed by atoms with van der Waals surface area (Å²) < 4.78 is 9.11. The van der Waals surface area contributed by atoms with E-state index in [1.54, 1.807) is 0 Å². The lowest BCUT2D eigenvalue weighted by atomic mass is 9.77. The van der Waals surface area contributed by atoms with Gasteiger partial charge in [-0.3, -0.25) is 14.4 Å². The average molecular weight is 242 g/mol. The Labute approximate surface area is 100 Å². The van der Waals surface area contributed by atoms with Gasteiger partial charge in [0, 0.05) is 11.8 Å². The highest BCUT2D eigenvalue weighted by Gasteiger charge is 2.34. The van der Waals surface area contributed by atoms with Crippen molar-refractivity contribution < 1.29 is 23.9 Å². The van der Waals surface area contributed by atoms with Gasteiger partial charge in [-0.2, -0.15) is 0 Å². The Hall–Kier alpha value is -1.39. The molecule has 1 aliphatic rings. The zero-order valence-corrected chi connectivity index (χ0v) is 10.2. The van der Waals surface area contributed by atoms with Crippen LogP contribution in [-0.4, -0.2) is 31.9 Å². The van der Waals surface area contributed by atoms with E-state index >= 15 is 0 Å². The fraction of sp³-hybridized carbons (Fsp3) is 0.750. The van der Waals surface area contributed by atoms with E-state index in [-0.39, 0.29) is 42.4 Å². The van der Waals surface area contributed by atoms with Gasteiger partial charge in [0.1, 0.15) is 5.78 Å². The van der Waals surface area contributed by atoms with Gasteiger partial charge in [-0.15, -0.1) is 0 Å². The fourth-order valence-corrected chi connectivity index (χ4v) is 2.20. The smallest absolute Gasteiger partial charge is 0.306 e. The number of Topliss-reactive ketones (excluding diaryl/α,β-unsaturated/α-hetero) is 1. The maximum atomic E-state index is 12.0. The van der Waals surface area contributed by atoms with E-state index in [1.807, 2.05) is 0 Å². The number of hydrogen-bond acceptors (Lipinski definition) is 5. The maximum absolute atomic E-state index is 12.0. The molecule has 1 saturated carbocycles. The molecule has 1 rings (SSSR count). The minimum absolute atomic E-state index is 0.00736. The molecule has 2 atom stereocenters. The molecule has 0 amide bonds. The van der Waals surface area contributed by atoms with Gasteiger partial charge < -0.3 is 9.47 Å². The first-order chi connectivity index (χ1) is 8.08. The minimum atomic E-state index is -0.373. The summed E-state index contributed by atoms with van der Waals surface area (Å²) in [6.45, 7) is 0. The zero-order valence-electron chi connectivity index (χ0n) is 10.2. The van der Waals surface area contributed by atoms with Crippen LogP contribution in [0.1, 0.15) is 32.1 Å². The molecule has 5 heteroatoms. The van der Waals surface area contributed by atoms with Crippen LogP contribution < -0.4 is 0 Å². The largest absolute Gasteiger partial charge is 0.469 e. The number of carbonyl (C=O) groups excluding carboxylic acids is 3. The Morgan fingerprint density at radius 3 is 1.82 bits per heavy atom. The molecule has 0 spiro atoms. The summed E-state index contributed by atoms with van der Waals surface area (Å²) in [5.41, 5.74) is 0. The van der Waals surface area contributed by atoms with Gasteiger partial charge in [0.2, 0.25) is 0 Å². The van der Waals surface area contributed by atoms with Crippen LogP contribution in [0.15, 0.2) is 0 Å². The minimum Gasteiger partial charge on any atom is -0.469 e. The molecular formula is C12H18O5. The topological polar surface area (TPSA) is 69.7 Å². The molecule has 0 aromatic heterocycles. The molecule has 0 aliphatic heterocycles. The SMILES string of the molecule is COC(=O)CC1CCCC(CC(=O)OC)C1=O. The highest BCUT2D eigenvalue weighted by molar-refractivity contribution is 5.90. The number of hydrogen-bond donors (Lipinski definition) is 0. The van der Waals surface area contributed by atoms with Crippen molar-refractivity contribution in [1.82, 2.24) is 0 Å². The van der Waals surface area contributed by atoms with Crippen LogP contribution >= 0.6 is 0 Å². The van der Waals surface area contributed by atoms with Gasteiger partial charge in [-0.05, 0) is 12.8 Å². The van der Waals surface area contributed by atoms with E-state index < -0.39 is 0 Å². The standard InChI is InChI=1S/C12H18O5/c1-16-10(13)6-8-4-3-5-9(12(8)15)7-11(14)17-2/h8-9H,3-7H2,1-2H3. The molecule has 2 unspecified atom stereocenters. The summed E-state index contributed by atoms with van der Waals surface area (Å²) in [4.78, 5) is 34.3. The predicted molar refractivity (Wildman–Crippen MR) is 59.1 cm³/mol. The van der Waals surface area contributed by atoms with Crippen LogP contribution in [0.3, 0.4) is 0 Å². The summed E-state index contributed by atoms with van der Waals surface area (Å²) >= 11 is 0. The van der Waals surface area contributed by atoms with Crippen LogP contribution in [0.4, 0.5) is 0 Å². The lowest BCUT2D eigenvalue weighted by molar-refractivity contribution is -0.147. The third-order valence-electron chi connectivity index (χ3n) is 3.19. The number of ketones is 1. The highest BCUT2D eigenvalue weighted by atomic mass is 16.5. The van der Waals surface area contributed by atoms with E-state index in [0.29, 0.717) is 12.8 Å². The van der Waals surface area contributed by atoms with Crippen molar-refractivity contribution in [3.05, 3.63) is 0 Å². The maximum Gasteiger partial charge on any atom is 0.306 e. The Kier molecular flexibility index (Phi) is 5.12. The molecule has 5 nitrogen and oxygen atoms in total. The second-order valence-electron chi connectivity index (χ2n) is 4.29. The molecule has 0 aromatic rings. The van der Waals surface area contributed by atoms with Crippen molar-refractivity contribution in [3.63, 3.8) is 0 Å². The van der Waals surface area contributed by atoms with E-state index in [9.17, 15) is 14.4 Å². The molecule has 0 aromatic carbocycles. The fourth-order valence-electron chi connectivity index (χ4n) is 2.20. The second kappa shape index (κ2) is 6.37. The number of rotatable bonds is 4. The molecule has 0 radical (unpaired) electrons. The Morgan fingerprint density at radius 2 is 1.47 bits per heavy atom. The lowest BCUT2D eigenvalue weighted by Crippen LogP contribution is -2.32. The molecule has 0 N–H and O–H groups in total. The molecule has 0 saturated heterocycles. The molecular weight excluding hydrogens is 224 g/mol. The zero-order chi connectivity index (χ0) is 12.8. The quantitative estimate of drug-likeness (QED) is 0.690. The average Bonchev–Trinajstić information content (AvgIpc) is 2.33. The van der Waals surface area contributed by atoms with Gasteiger partial charge in [0.25, 0.3) is 0 Å². The van der Waals surface area contributed by atoms with Crippen LogP contribution in [0.25, 0.3) is 0 Å². The molecule has 17 heavy (non-hydrogen) atoms. The van der Waals surface area contributed by atoms with E-state index in [4.69, 9.17) is 0 Å². The van der Waals surface area contributed by atoms with Gasteiger partial charge >= 0.3 is 11.9 Å². The van der Waals surface area contributed by atoms with Gasteiger partial charge in [-0.1, -0.05) is 6.42 Å². The first-order valence-electron chi connectivity index (χ1n) is 5.75. The monoisotopic (exact) mass is 242 g/mol. The third kappa shape index (κ3) is 3.84. The molecule has 0 heterocycles. The third-order valence-corrected chi connectivity index (χ3v) is 3.19. The normalized spacial score (nSPS) is 24.2. The summed E-state index contributed by atoms with van der Waals surface area (Å²) in [7, 11) is 2.61. The van der Waals surface area contributed by atoms with Gasteiger partial charge in [-0.25, -0.2) is 0 Å².